The zero-order valence-corrected chi connectivity index (χ0v) is 19.1. The highest BCUT2D eigenvalue weighted by Gasteiger charge is 2.19. The topological polar surface area (TPSA) is 102 Å². The third kappa shape index (κ3) is 4.63. The van der Waals surface area contributed by atoms with Crippen LogP contribution in [-0.4, -0.2) is 40.0 Å². The highest BCUT2D eigenvalue weighted by Crippen LogP contribution is 2.29. The van der Waals surface area contributed by atoms with Crippen LogP contribution in [0.1, 0.15) is 20.8 Å². The Bertz CT molecular complexity index is 1430. The van der Waals surface area contributed by atoms with E-state index in [0.717, 1.165) is 0 Å². The van der Waals surface area contributed by atoms with Gasteiger partial charge in [-0.15, -0.1) is 0 Å². The Morgan fingerprint density at radius 1 is 0.941 bits per heavy atom. The van der Waals surface area contributed by atoms with Crippen LogP contribution in [0.15, 0.2) is 76.7 Å². The number of hydrogen-bond acceptors (Lipinski definition) is 5. The van der Waals surface area contributed by atoms with Crippen LogP contribution in [0, 0.1) is 0 Å². The number of pyridine rings is 1. The van der Waals surface area contributed by atoms with E-state index in [1.165, 1.54) is 10.7 Å². The summed E-state index contributed by atoms with van der Waals surface area (Å²) < 4.78 is 1.43. The molecule has 8 nitrogen and oxygen atoms in total. The van der Waals surface area contributed by atoms with Gasteiger partial charge in [-0.25, -0.2) is 19.7 Å². The maximum Gasteiger partial charge on any atom is 0.296 e. The van der Waals surface area contributed by atoms with Gasteiger partial charge in [0.15, 0.2) is 11.5 Å². The Morgan fingerprint density at radius 2 is 1.68 bits per heavy atom. The van der Waals surface area contributed by atoms with E-state index in [2.05, 4.69) is 38.8 Å². The van der Waals surface area contributed by atoms with Gasteiger partial charge in [-0.3, -0.25) is 9.59 Å². The van der Waals surface area contributed by atoms with Gasteiger partial charge in [0, 0.05) is 11.6 Å². The van der Waals surface area contributed by atoms with Crippen molar-refractivity contribution in [3.05, 3.63) is 88.0 Å². The molecule has 0 saturated carbocycles. The molecule has 0 aliphatic carbocycles. The molecule has 4 aromatic rings. The minimum Gasteiger partial charge on any atom is -0.306 e. The molecule has 168 valence electrons. The molecule has 4 rings (SSSR count). The van der Waals surface area contributed by atoms with Gasteiger partial charge in [0.05, 0.1) is 27.0 Å². The first-order chi connectivity index (χ1) is 16.4. The molecule has 0 aliphatic heterocycles. The molecule has 0 spiro atoms. The van der Waals surface area contributed by atoms with Crippen molar-refractivity contribution in [1.82, 2.24) is 14.8 Å². The van der Waals surface area contributed by atoms with Gasteiger partial charge >= 0.3 is 0 Å². The molecule has 2 aromatic heterocycles. The summed E-state index contributed by atoms with van der Waals surface area (Å²) in [4.78, 5) is 36.8. The number of nitrogens with one attached hydrogen (secondary N) is 1. The number of nitrogens with zero attached hydrogens (tertiary/aromatic N) is 5. The lowest BCUT2D eigenvalue weighted by Gasteiger charge is -2.11. The molecule has 0 bridgehead atoms. The summed E-state index contributed by atoms with van der Waals surface area (Å²) >= 11 is 12.4. The van der Waals surface area contributed by atoms with Crippen LogP contribution in [-0.2, 0) is 0 Å². The van der Waals surface area contributed by atoms with Crippen molar-refractivity contribution in [2.24, 2.45) is 9.98 Å². The first kappa shape index (κ1) is 23.0. The standard InChI is InChI=1S/C24H16Cl2N6O2/c1-27-22-18(26)10-11-19(29-22)14-8-9-17(25)16(12-14)23(33)30-21-13-20(24(34)28-2)31-32(21)15-6-4-3-5-7-15/h3-13H,1-2H2,(H,30,33). The van der Waals surface area contributed by atoms with E-state index >= 15 is 0 Å². The first-order valence-corrected chi connectivity index (χ1v) is 10.6. The number of rotatable bonds is 6. The van der Waals surface area contributed by atoms with Crippen molar-refractivity contribution in [3.8, 4) is 16.9 Å². The molecule has 10 heteroatoms. The van der Waals surface area contributed by atoms with Crippen LogP contribution in [0.2, 0.25) is 10.0 Å². The van der Waals surface area contributed by atoms with E-state index in [0.29, 0.717) is 22.0 Å². The molecule has 34 heavy (non-hydrogen) atoms. The lowest BCUT2D eigenvalue weighted by Crippen LogP contribution is -2.15. The lowest BCUT2D eigenvalue weighted by atomic mass is 10.1. The van der Waals surface area contributed by atoms with E-state index in [4.69, 9.17) is 23.2 Å². The first-order valence-electron chi connectivity index (χ1n) is 9.82. The largest absolute Gasteiger partial charge is 0.306 e. The minimum absolute atomic E-state index is 0.0313. The van der Waals surface area contributed by atoms with Gasteiger partial charge in [-0.2, -0.15) is 5.10 Å². The average molecular weight is 491 g/mol. The second-order valence-corrected chi connectivity index (χ2v) is 7.75. The number of carbonyl (C=O) groups excluding carboxylic acids is 2. The highest BCUT2D eigenvalue weighted by atomic mass is 35.5. The molecular formula is C24H16Cl2N6O2. The summed E-state index contributed by atoms with van der Waals surface area (Å²) in [5.41, 5.74) is 2.02. The fourth-order valence-electron chi connectivity index (χ4n) is 3.17. The number of halogens is 2. The number of para-hydroxylation sites is 1. The van der Waals surface area contributed by atoms with Crippen molar-refractivity contribution in [2.45, 2.75) is 0 Å². The van der Waals surface area contributed by atoms with Crippen LogP contribution in [0.4, 0.5) is 11.6 Å². The molecule has 0 saturated heterocycles. The quantitative estimate of drug-likeness (QED) is 0.352. The fraction of sp³-hybridized carbons (Fsp3) is 0. The summed E-state index contributed by atoms with van der Waals surface area (Å²) in [6.45, 7) is 6.71. The summed E-state index contributed by atoms with van der Waals surface area (Å²) in [6, 6.07) is 18.7. The molecule has 0 aliphatic rings. The molecular weight excluding hydrogens is 475 g/mol. The Morgan fingerprint density at radius 3 is 2.38 bits per heavy atom. The van der Waals surface area contributed by atoms with Crippen molar-refractivity contribution in [1.29, 1.82) is 0 Å². The lowest BCUT2D eigenvalue weighted by molar-refractivity contribution is 0.0996. The number of amides is 2. The Balaban J connectivity index is 1.71. The number of benzene rings is 2. The maximum atomic E-state index is 13.2. The van der Waals surface area contributed by atoms with Crippen molar-refractivity contribution >= 4 is 60.1 Å². The minimum atomic E-state index is -0.620. The highest BCUT2D eigenvalue weighted by molar-refractivity contribution is 6.34. The van der Waals surface area contributed by atoms with Gasteiger partial charge in [-0.1, -0.05) is 47.5 Å². The van der Waals surface area contributed by atoms with Gasteiger partial charge in [0.2, 0.25) is 0 Å². The Kier molecular flexibility index (Phi) is 6.62. The van der Waals surface area contributed by atoms with E-state index in [1.807, 2.05) is 18.2 Å². The third-order valence-electron chi connectivity index (χ3n) is 4.80. The fourth-order valence-corrected chi connectivity index (χ4v) is 3.54. The molecule has 2 amide bonds. The molecule has 0 atom stereocenters. The second-order valence-electron chi connectivity index (χ2n) is 6.93. The van der Waals surface area contributed by atoms with Gasteiger partial charge in [0.1, 0.15) is 5.82 Å². The molecule has 0 radical (unpaired) electrons. The zero-order chi connectivity index (χ0) is 24.2. The van der Waals surface area contributed by atoms with Crippen LogP contribution >= 0.6 is 23.2 Å². The maximum absolute atomic E-state index is 13.2. The number of anilines is 1. The predicted octanol–water partition coefficient (Wildman–Crippen LogP) is 5.67. The SMILES string of the molecule is C=NC(=O)c1cc(NC(=O)c2cc(-c3ccc(Cl)c(N=C)n3)ccc2Cl)n(-c2ccccc2)n1. The van der Waals surface area contributed by atoms with Crippen molar-refractivity contribution in [3.63, 3.8) is 0 Å². The third-order valence-corrected chi connectivity index (χ3v) is 5.42. The normalized spacial score (nSPS) is 10.5. The van der Waals surface area contributed by atoms with E-state index in [1.54, 1.807) is 42.5 Å². The summed E-state index contributed by atoms with van der Waals surface area (Å²) in [7, 11) is 0. The molecule has 0 unspecified atom stereocenters. The monoisotopic (exact) mass is 490 g/mol. The summed E-state index contributed by atoms with van der Waals surface area (Å²) in [5.74, 6) is -0.594. The van der Waals surface area contributed by atoms with Gasteiger partial charge in [0.25, 0.3) is 11.8 Å². The number of aliphatic imine (C=N–C) groups is 2. The van der Waals surface area contributed by atoms with E-state index in [-0.39, 0.29) is 27.9 Å². The zero-order valence-electron chi connectivity index (χ0n) is 17.6. The van der Waals surface area contributed by atoms with Crippen molar-refractivity contribution < 1.29 is 9.59 Å². The number of hydrogen-bond donors (Lipinski definition) is 1. The molecule has 1 N–H and O–H groups in total. The summed E-state index contributed by atoms with van der Waals surface area (Å²) in [5, 5.41) is 7.62. The smallest absolute Gasteiger partial charge is 0.296 e. The molecule has 0 fully saturated rings. The second kappa shape index (κ2) is 9.78. The number of aromatic nitrogens is 3. The van der Waals surface area contributed by atoms with E-state index in [9.17, 15) is 9.59 Å². The van der Waals surface area contributed by atoms with Crippen LogP contribution < -0.4 is 5.32 Å². The predicted molar refractivity (Wildman–Crippen MR) is 134 cm³/mol. The molecule has 2 aromatic carbocycles. The van der Waals surface area contributed by atoms with Crippen LogP contribution in [0.3, 0.4) is 0 Å². The Hall–Kier alpha value is -4.14. The van der Waals surface area contributed by atoms with Crippen molar-refractivity contribution in [2.75, 3.05) is 5.32 Å². The van der Waals surface area contributed by atoms with E-state index < -0.39 is 11.8 Å². The average Bonchev–Trinajstić information content (AvgIpc) is 3.28. The van der Waals surface area contributed by atoms with Gasteiger partial charge < -0.3 is 5.32 Å². The van der Waals surface area contributed by atoms with Crippen LogP contribution in [0.5, 0.6) is 0 Å². The van der Waals surface area contributed by atoms with Gasteiger partial charge in [-0.05, 0) is 49.8 Å². The summed E-state index contributed by atoms with van der Waals surface area (Å²) in [6.07, 6.45) is 0. The molecule has 2 heterocycles. The Labute approximate surface area is 204 Å². The van der Waals surface area contributed by atoms with Crippen LogP contribution in [0.25, 0.3) is 16.9 Å². The number of carbonyl (C=O) groups is 2.